The standard InChI is InChI=1S/C22H19N3OS.CH4O/c26-13-15-3-2-9-25(12-15)22-21-18(4-1-5-19(21)23-14-24-22)16-6-7-20-17(11-16)8-10-27-20;1-2/h1,4-8,10-11,13-15H,2-3,9,12H2;2H,1H3. The predicted octanol–water partition coefficient (Wildman–Crippen LogP) is 4.54. The Bertz CT molecular complexity index is 1140. The van der Waals surface area contributed by atoms with Gasteiger partial charge in [-0.05, 0) is 59.0 Å². The van der Waals surface area contributed by atoms with Gasteiger partial charge < -0.3 is 14.8 Å². The number of thiophene rings is 1. The summed E-state index contributed by atoms with van der Waals surface area (Å²) in [6.45, 7) is 1.65. The number of carbonyl (C=O) groups excluding carboxylic acids is 1. The molecule has 6 heteroatoms. The number of aliphatic hydroxyl groups excluding tert-OH is 1. The van der Waals surface area contributed by atoms with Crippen LogP contribution in [-0.2, 0) is 4.79 Å². The molecule has 1 unspecified atom stereocenters. The summed E-state index contributed by atoms with van der Waals surface area (Å²) in [5.41, 5.74) is 3.26. The lowest BCUT2D eigenvalue weighted by Crippen LogP contribution is -2.36. The molecule has 5 rings (SSSR count). The first-order valence-electron chi connectivity index (χ1n) is 9.70. The number of aromatic nitrogens is 2. The Hall–Kier alpha value is -2.83. The van der Waals surface area contributed by atoms with Crippen molar-refractivity contribution in [3.05, 3.63) is 54.2 Å². The van der Waals surface area contributed by atoms with Gasteiger partial charge in [0.05, 0.1) is 10.9 Å². The maximum atomic E-state index is 11.3. The van der Waals surface area contributed by atoms with E-state index in [1.165, 1.54) is 15.6 Å². The number of aldehydes is 1. The van der Waals surface area contributed by atoms with Crippen LogP contribution < -0.4 is 4.90 Å². The van der Waals surface area contributed by atoms with Crippen LogP contribution in [0.3, 0.4) is 0 Å². The van der Waals surface area contributed by atoms with Crippen molar-refractivity contribution in [2.75, 3.05) is 25.1 Å². The molecule has 4 aromatic rings. The molecule has 2 aromatic heterocycles. The quantitative estimate of drug-likeness (QED) is 0.507. The molecule has 148 valence electrons. The minimum atomic E-state index is 0.0816. The lowest BCUT2D eigenvalue weighted by molar-refractivity contribution is -0.111. The number of hydrogen-bond acceptors (Lipinski definition) is 6. The molecule has 1 fully saturated rings. The summed E-state index contributed by atoms with van der Waals surface area (Å²) >= 11 is 1.76. The van der Waals surface area contributed by atoms with Crippen molar-refractivity contribution in [1.29, 1.82) is 0 Å². The van der Waals surface area contributed by atoms with Gasteiger partial charge >= 0.3 is 0 Å². The van der Waals surface area contributed by atoms with Crippen molar-refractivity contribution in [3.63, 3.8) is 0 Å². The number of benzene rings is 2. The van der Waals surface area contributed by atoms with Gasteiger partial charge in [0.15, 0.2) is 0 Å². The van der Waals surface area contributed by atoms with Crippen LogP contribution in [0.1, 0.15) is 12.8 Å². The highest BCUT2D eigenvalue weighted by Gasteiger charge is 2.23. The van der Waals surface area contributed by atoms with Gasteiger partial charge in [0.1, 0.15) is 18.4 Å². The van der Waals surface area contributed by atoms with E-state index < -0.39 is 0 Å². The Kier molecular flexibility index (Phi) is 5.83. The largest absolute Gasteiger partial charge is 0.400 e. The van der Waals surface area contributed by atoms with Crippen LogP contribution in [0, 0.1) is 5.92 Å². The fourth-order valence-electron chi connectivity index (χ4n) is 4.02. The van der Waals surface area contributed by atoms with Crippen molar-refractivity contribution in [2.24, 2.45) is 5.92 Å². The van der Waals surface area contributed by atoms with Crippen LogP contribution in [0.5, 0.6) is 0 Å². The molecular weight excluding hydrogens is 382 g/mol. The van der Waals surface area contributed by atoms with E-state index in [1.54, 1.807) is 17.7 Å². The van der Waals surface area contributed by atoms with Gasteiger partial charge in [0.25, 0.3) is 0 Å². The maximum Gasteiger partial charge on any atom is 0.140 e. The lowest BCUT2D eigenvalue weighted by atomic mass is 9.97. The average Bonchev–Trinajstić information content (AvgIpc) is 3.27. The molecule has 0 saturated carbocycles. The van der Waals surface area contributed by atoms with Gasteiger partial charge in [-0.15, -0.1) is 11.3 Å². The van der Waals surface area contributed by atoms with E-state index in [0.717, 1.165) is 61.6 Å². The van der Waals surface area contributed by atoms with Gasteiger partial charge in [-0.2, -0.15) is 0 Å². The molecule has 1 aliphatic heterocycles. The molecule has 2 aromatic carbocycles. The molecule has 1 saturated heterocycles. The summed E-state index contributed by atoms with van der Waals surface area (Å²) in [7, 11) is 1.00. The van der Waals surface area contributed by atoms with Crippen LogP contribution in [0.4, 0.5) is 5.82 Å². The van der Waals surface area contributed by atoms with Gasteiger partial charge in [-0.1, -0.05) is 18.2 Å². The van der Waals surface area contributed by atoms with Gasteiger partial charge in [0.2, 0.25) is 0 Å². The highest BCUT2D eigenvalue weighted by atomic mass is 32.1. The Morgan fingerprint density at radius 2 is 2.07 bits per heavy atom. The molecule has 0 radical (unpaired) electrons. The van der Waals surface area contributed by atoms with Gasteiger partial charge in [0, 0.05) is 30.8 Å². The van der Waals surface area contributed by atoms with Crippen LogP contribution in [0.2, 0.25) is 0 Å². The smallest absolute Gasteiger partial charge is 0.140 e. The van der Waals surface area contributed by atoms with Gasteiger partial charge in [-0.3, -0.25) is 0 Å². The number of nitrogens with zero attached hydrogens (tertiary/aromatic N) is 3. The second-order valence-electron chi connectivity index (χ2n) is 7.05. The third-order valence-corrected chi connectivity index (χ3v) is 6.25. The molecule has 0 bridgehead atoms. The van der Waals surface area contributed by atoms with E-state index in [9.17, 15) is 4.79 Å². The zero-order chi connectivity index (χ0) is 20.2. The molecule has 3 heterocycles. The number of hydrogen-bond donors (Lipinski definition) is 1. The second kappa shape index (κ2) is 8.68. The van der Waals surface area contributed by atoms with Crippen molar-refractivity contribution in [3.8, 4) is 11.1 Å². The zero-order valence-corrected chi connectivity index (χ0v) is 17.1. The van der Waals surface area contributed by atoms with Crippen LogP contribution in [-0.4, -0.2) is 41.6 Å². The SMILES string of the molecule is CO.O=CC1CCCN(c2ncnc3cccc(-c4ccc5sccc5c4)c23)C1. The van der Waals surface area contributed by atoms with E-state index in [2.05, 4.69) is 56.6 Å². The third-order valence-electron chi connectivity index (χ3n) is 5.36. The van der Waals surface area contributed by atoms with E-state index in [1.807, 2.05) is 6.07 Å². The molecule has 0 aliphatic carbocycles. The first kappa shape index (κ1) is 19.5. The van der Waals surface area contributed by atoms with Crippen molar-refractivity contribution in [1.82, 2.24) is 9.97 Å². The van der Waals surface area contributed by atoms with E-state index in [-0.39, 0.29) is 5.92 Å². The van der Waals surface area contributed by atoms with Crippen LogP contribution >= 0.6 is 11.3 Å². The van der Waals surface area contributed by atoms with Crippen molar-refractivity contribution < 1.29 is 9.90 Å². The number of piperidine rings is 1. The summed E-state index contributed by atoms with van der Waals surface area (Å²) in [5, 5.41) is 11.5. The normalized spacial score (nSPS) is 16.5. The number of anilines is 1. The first-order valence-corrected chi connectivity index (χ1v) is 10.6. The van der Waals surface area contributed by atoms with Crippen LogP contribution in [0.25, 0.3) is 32.1 Å². The van der Waals surface area contributed by atoms with E-state index in [0.29, 0.717) is 0 Å². The van der Waals surface area contributed by atoms with Gasteiger partial charge in [-0.25, -0.2) is 9.97 Å². The highest BCUT2D eigenvalue weighted by molar-refractivity contribution is 7.17. The van der Waals surface area contributed by atoms with Crippen molar-refractivity contribution in [2.45, 2.75) is 12.8 Å². The second-order valence-corrected chi connectivity index (χ2v) is 8.00. The minimum absolute atomic E-state index is 0.0816. The fourth-order valence-corrected chi connectivity index (χ4v) is 4.79. The average molecular weight is 406 g/mol. The summed E-state index contributed by atoms with van der Waals surface area (Å²) in [4.78, 5) is 22.7. The third kappa shape index (κ3) is 3.73. The molecule has 29 heavy (non-hydrogen) atoms. The number of fused-ring (bicyclic) bond motifs is 2. The van der Waals surface area contributed by atoms with E-state index >= 15 is 0 Å². The Labute approximate surface area is 173 Å². The number of carbonyl (C=O) groups is 1. The minimum Gasteiger partial charge on any atom is -0.400 e. The van der Waals surface area contributed by atoms with Crippen LogP contribution in [0.15, 0.2) is 54.2 Å². The molecule has 1 atom stereocenters. The highest BCUT2D eigenvalue weighted by Crippen LogP contribution is 2.36. The number of rotatable bonds is 3. The Balaban J connectivity index is 0.000000994. The molecule has 1 aliphatic rings. The molecule has 1 N–H and O–H groups in total. The molecule has 0 spiro atoms. The topological polar surface area (TPSA) is 66.3 Å². The summed E-state index contributed by atoms with van der Waals surface area (Å²) in [6.07, 6.45) is 4.69. The Morgan fingerprint density at radius 3 is 2.93 bits per heavy atom. The summed E-state index contributed by atoms with van der Waals surface area (Å²) in [5.74, 6) is 1.02. The molecule has 5 nitrogen and oxygen atoms in total. The predicted molar refractivity (Wildman–Crippen MR) is 120 cm³/mol. The fraction of sp³-hybridized carbons (Fsp3) is 0.261. The van der Waals surface area contributed by atoms with E-state index in [4.69, 9.17) is 5.11 Å². The number of aliphatic hydroxyl groups is 1. The zero-order valence-electron chi connectivity index (χ0n) is 16.3. The van der Waals surface area contributed by atoms with Crippen molar-refractivity contribution >= 4 is 44.4 Å². The summed E-state index contributed by atoms with van der Waals surface area (Å²) < 4.78 is 1.29. The monoisotopic (exact) mass is 405 g/mol. The Morgan fingerprint density at radius 1 is 1.17 bits per heavy atom. The summed E-state index contributed by atoms with van der Waals surface area (Å²) in [6, 6.07) is 15.0. The molecular formula is C23H23N3O2S. The molecule has 0 amide bonds. The maximum absolute atomic E-state index is 11.3. The lowest BCUT2D eigenvalue weighted by Gasteiger charge is -2.32. The first-order chi connectivity index (χ1) is 14.3.